The quantitative estimate of drug-likeness (QED) is 0.755. The molecule has 0 aliphatic rings. The van der Waals surface area contributed by atoms with Crippen molar-refractivity contribution in [2.45, 2.75) is 13.0 Å². The Morgan fingerprint density at radius 1 is 1.00 bits per heavy atom. The van der Waals surface area contributed by atoms with Crippen LogP contribution in [0.4, 0.5) is 0 Å². The number of nitrogens with zero attached hydrogens (tertiary/aromatic N) is 1. The summed E-state index contributed by atoms with van der Waals surface area (Å²) in [5.41, 5.74) is 8.18. The van der Waals surface area contributed by atoms with Gasteiger partial charge in [-0.1, -0.05) is 52.3 Å². The van der Waals surface area contributed by atoms with E-state index in [0.717, 1.165) is 17.4 Å². The van der Waals surface area contributed by atoms with Crippen molar-refractivity contribution in [3.05, 3.63) is 59.2 Å². The Morgan fingerprint density at radius 2 is 1.75 bits per heavy atom. The van der Waals surface area contributed by atoms with Crippen molar-refractivity contribution >= 4 is 26.7 Å². The molecule has 0 unspecified atom stereocenters. The van der Waals surface area contributed by atoms with Crippen molar-refractivity contribution in [3.8, 4) is 11.3 Å². The van der Waals surface area contributed by atoms with E-state index in [2.05, 4.69) is 75.2 Å². The number of rotatable bonds is 4. The molecule has 0 aliphatic carbocycles. The zero-order valence-corrected chi connectivity index (χ0v) is 12.8. The van der Waals surface area contributed by atoms with E-state index in [1.807, 2.05) is 0 Å². The molecule has 0 amide bonds. The summed E-state index contributed by atoms with van der Waals surface area (Å²) < 4.78 is 3.42. The van der Waals surface area contributed by atoms with Gasteiger partial charge in [0.15, 0.2) is 0 Å². The van der Waals surface area contributed by atoms with Crippen molar-refractivity contribution < 1.29 is 0 Å². The van der Waals surface area contributed by atoms with Crippen LogP contribution in [0.1, 0.15) is 6.42 Å². The molecule has 0 spiro atoms. The first-order valence-corrected chi connectivity index (χ1v) is 7.63. The predicted octanol–water partition coefficient (Wildman–Crippen LogP) is 4.42. The molecular formula is C17H17BrN2. The highest BCUT2D eigenvalue weighted by Gasteiger charge is 2.10. The molecule has 0 aliphatic heterocycles. The second kappa shape index (κ2) is 5.81. The van der Waals surface area contributed by atoms with Gasteiger partial charge in [-0.3, -0.25) is 0 Å². The maximum absolute atomic E-state index is 5.66. The maximum Gasteiger partial charge on any atom is 0.0560 e. The van der Waals surface area contributed by atoms with Crippen LogP contribution in [0, 0.1) is 0 Å². The van der Waals surface area contributed by atoms with Gasteiger partial charge >= 0.3 is 0 Å². The average molecular weight is 329 g/mol. The Hall–Kier alpha value is -1.58. The lowest BCUT2D eigenvalue weighted by molar-refractivity contribution is 0.661. The van der Waals surface area contributed by atoms with Gasteiger partial charge in [-0.2, -0.15) is 0 Å². The van der Waals surface area contributed by atoms with E-state index in [-0.39, 0.29) is 0 Å². The molecule has 0 radical (unpaired) electrons. The zero-order valence-electron chi connectivity index (χ0n) is 11.2. The summed E-state index contributed by atoms with van der Waals surface area (Å²) in [4.78, 5) is 0. The molecule has 3 heteroatoms. The van der Waals surface area contributed by atoms with E-state index < -0.39 is 0 Å². The first-order chi connectivity index (χ1) is 9.79. The molecule has 1 aromatic heterocycles. The summed E-state index contributed by atoms with van der Waals surface area (Å²) in [5.74, 6) is 0. The number of aromatic nitrogens is 1. The van der Waals surface area contributed by atoms with E-state index >= 15 is 0 Å². The van der Waals surface area contributed by atoms with Crippen LogP contribution in [0.25, 0.3) is 22.0 Å². The van der Waals surface area contributed by atoms with Crippen LogP contribution in [0.3, 0.4) is 0 Å². The van der Waals surface area contributed by atoms with Gasteiger partial charge in [-0.05, 0) is 36.0 Å². The minimum absolute atomic E-state index is 0.717. The third-order valence-corrected chi connectivity index (χ3v) is 4.05. The maximum atomic E-state index is 5.66. The van der Waals surface area contributed by atoms with Crippen molar-refractivity contribution in [1.82, 2.24) is 4.57 Å². The minimum Gasteiger partial charge on any atom is -0.346 e. The first kappa shape index (κ1) is 13.4. The van der Waals surface area contributed by atoms with Crippen molar-refractivity contribution in [3.63, 3.8) is 0 Å². The summed E-state index contributed by atoms with van der Waals surface area (Å²) in [6.45, 7) is 1.67. The Labute approximate surface area is 127 Å². The van der Waals surface area contributed by atoms with Crippen LogP contribution in [0.5, 0.6) is 0 Å². The third-order valence-electron chi connectivity index (χ3n) is 3.52. The van der Waals surface area contributed by atoms with Crippen molar-refractivity contribution in [2.75, 3.05) is 6.54 Å². The summed E-state index contributed by atoms with van der Waals surface area (Å²) in [6, 6.07) is 17.0. The number of nitrogens with two attached hydrogens (primary N) is 1. The molecule has 0 bridgehead atoms. The molecule has 0 fully saturated rings. The van der Waals surface area contributed by atoms with Gasteiger partial charge < -0.3 is 10.3 Å². The molecule has 0 saturated heterocycles. The topological polar surface area (TPSA) is 30.9 Å². The number of benzene rings is 2. The predicted molar refractivity (Wildman–Crippen MR) is 88.7 cm³/mol. The van der Waals surface area contributed by atoms with Gasteiger partial charge in [-0.15, -0.1) is 0 Å². The van der Waals surface area contributed by atoms with Gasteiger partial charge in [0, 0.05) is 22.6 Å². The highest BCUT2D eigenvalue weighted by atomic mass is 79.9. The van der Waals surface area contributed by atoms with E-state index in [4.69, 9.17) is 5.73 Å². The summed E-state index contributed by atoms with van der Waals surface area (Å²) in [6.07, 6.45) is 3.22. The lowest BCUT2D eigenvalue weighted by Crippen LogP contribution is -2.05. The summed E-state index contributed by atoms with van der Waals surface area (Å²) >= 11 is 3.50. The van der Waals surface area contributed by atoms with E-state index in [9.17, 15) is 0 Å². The fourth-order valence-corrected chi connectivity index (χ4v) is 2.84. The molecule has 20 heavy (non-hydrogen) atoms. The first-order valence-electron chi connectivity index (χ1n) is 6.83. The minimum atomic E-state index is 0.717. The fourth-order valence-electron chi connectivity index (χ4n) is 2.58. The molecule has 1 heterocycles. The number of hydrogen-bond acceptors (Lipinski definition) is 1. The van der Waals surface area contributed by atoms with Crippen molar-refractivity contribution in [2.24, 2.45) is 5.73 Å². The van der Waals surface area contributed by atoms with Gasteiger partial charge in [0.1, 0.15) is 0 Å². The van der Waals surface area contributed by atoms with Gasteiger partial charge in [0.25, 0.3) is 0 Å². The lowest BCUT2D eigenvalue weighted by Gasteiger charge is -2.09. The normalized spacial score (nSPS) is 11.1. The van der Waals surface area contributed by atoms with Gasteiger partial charge in [-0.25, -0.2) is 0 Å². The highest BCUT2D eigenvalue weighted by Crippen LogP contribution is 2.31. The van der Waals surface area contributed by atoms with Crippen LogP contribution >= 0.6 is 15.9 Å². The van der Waals surface area contributed by atoms with E-state index in [1.54, 1.807) is 0 Å². The van der Waals surface area contributed by atoms with Crippen molar-refractivity contribution in [1.29, 1.82) is 0 Å². The lowest BCUT2D eigenvalue weighted by atomic mass is 10.1. The monoisotopic (exact) mass is 328 g/mol. The Morgan fingerprint density at radius 3 is 2.50 bits per heavy atom. The van der Waals surface area contributed by atoms with Crippen LogP contribution in [0.15, 0.2) is 59.2 Å². The Kier molecular flexibility index (Phi) is 3.90. The molecule has 3 aromatic rings. The second-order valence-corrected chi connectivity index (χ2v) is 5.82. The molecule has 2 aromatic carbocycles. The number of aryl methyl sites for hydroxylation is 1. The van der Waals surface area contributed by atoms with Crippen LogP contribution < -0.4 is 5.73 Å². The van der Waals surface area contributed by atoms with E-state index in [1.165, 1.54) is 22.0 Å². The molecule has 0 saturated carbocycles. The standard InChI is InChI=1S/C17H17BrN2/c18-15-8-6-13(7-9-15)17-16-5-2-1-4-14(16)12-20(17)11-3-10-19/h1-2,4-9,12H,3,10-11,19H2. The van der Waals surface area contributed by atoms with Gasteiger partial charge in [0.05, 0.1) is 5.69 Å². The molecule has 0 atom stereocenters. The Balaban J connectivity index is 2.17. The number of fused-ring (bicyclic) bond motifs is 1. The molecular weight excluding hydrogens is 312 g/mol. The second-order valence-electron chi connectivity index (χ2n) is 4.91. The molecule has 2 nitrogen and oxygen atoms in total. The highest BCUT2D eigenvalue weighted by molar-refractivity contribution is 9.10. The smallest absolute Gasteiger partial charge is 0.0560 e. The largest absolute Gasteiger partial charge is 0.346 e. The summed E-state index contributed by atoms with van der Waals surface area (Å²) in [7, 11) is 0. The zero-order chi connectivity index (χ0) is 13.9. The summed E-state index contributed by atoms with van der Waals surface area (Å²) in [5, 5.41) is 2.58. The SMILES string of the molecule is NCCCn1cc2ccccc2c1-c1ccc(Br)cc1. The molecule has 102 valence electrons. The third kappa shape index (κ3) is 2.51. The molecule has 2 N–H and O–H groups in total. The number of hydrogen-bond donors (Lipinski definition) is 1. The average Bonchev–Trinajstić information content (AvgIpc) is 2.84. The fraction of sp³-hybridized carbons (Fsp3) is 0.176. The number of halogens is 1. The Bertz CT molecular complexity index is 713. The van der Waals surface area contributed by atoms with Gasteiger partial charge in [0.2, 0.25) is 0 Å². The van der Waals surface area contributed by atoms with Crippen LogP contribution in [0.2, 0.25) is 0 Å². The van der Waals surface area contributed by atoms with E-state index in [0.29, 0.717) is 6.54 Å². The van der Waals surface area contributed by atoms with Crippen LogP contribution in [-0.4, -0.2) is 11.1 Å². The van der Waals surface area contributed by atoms with Crippen LogP contribution in [-0.2, 0) is 6.54 Å². The molecule has 3 rings (SSSR count).